The van der Waals surface area contributed by atoms with Crippen LogP contribution in [0.2, 0.25) is 0 Å². The fourth-order valence-electron chi connectivity index (χ4n) is 15.2. The summed E-state index contributed by atoms with van der Waals surface area (Å²) in [6, 6.07) is 118. The first kappa shape index (κ1) is 48.4. The SMILES string of the molecule is c1ccc(B2c3ccccc3B(c3ccc(-c4c5c6ccccc6n(-c6ccccc6)c5c(-c5ccc(B6c7ccccc7B(c7ccccc7)c7ccccc76)cc5)c5c6ccccc6n(-c6ccccc6)c45)cc3)c3ccccc32)cc1. The number of hydrogen-bond donors (Lipinski definition) is 0. The molecular weight excluding hydrogens is 1010 g/mol. The summed E-state index contributed by atoms with van der Waals surface area (Å²) in [7, 11) is 0. The fraction of sp³-hybridized carbons (Fsp3) is 0. The Balaban J connectivity index is 0.931. The lowest BCUT2D eigenvalue weighted by Crippen LogP contribution is -2.74. The highest BCUT2D eigenvalue weighted by Crippen LogP contribution is 2.52. The molecule has 0 unspecified atom stereocenters. The average Bonchev–Trinajstić information content (AvgIpc) is 2.17. The van der Waals surface area contributed by atoms with Crippen LogP contribution in [0, 0.1) is 0 Å². The van der Waals surface area contributed by atoms with E-state index in [4.69, 9.17) is 0 Å². The number of benzene rings is 13. The molecule has 2 aliphatic rings. The minimum Gasteiger partial charge on any atom is -0.309 e. The zero-order chi connectivity index (χ0) is 55.2. The minimum atomic E-state index is 0.0634. The summed E-state index contributed by atoms with van der Waals surface area (Å²) in [6.45, 7) is 0.433. The second-order valence-electron chi connectivity index (χ2n) is 22.9. The van der Waals surface area contributed by atoms with Gasteiger partial charge in [-0.05, 0) is 47.5 Å². The van der Waals surface area contributed by atoms with Gasteiger partial charge in [0.25, 0.3) is 0 Å². The lowest BCUT2D eigenvalue weighted by molar-refractivity contribution is 1.18. The summed E-state index contributed by atoms with van der Waals surface area (Å²) < 4.78 is 5.10. The van der Waals surface area contributed by atoms with Gasteiger partial charge in [-0.15, -0.1) is 0 Å². The van der Waals surface area contributed by atoms with Crippen molar-refractivity contribution in [2.45, 2.75) is 0 Å². The second kappa shape index (κ2) is 19.7. The van der Waals surface area contributed by atoms with Gasteiger partial charge in [-0.1, -0.05) is 345 Å². The molecule has 2 aliphatic heterocycles. The van der Waals surface area contributed by atoms with Crippen molar-refractivity contribution >= 4 is 136 Å². The quantitative estimate of drug-likeness (QED) is 0.134. The van der Waals surface area contributed by atoms with Gasteiger partial charge in [0.1, 0.15) is 0 Å². The molecule has 84 heavy (non-hydrogen) atoms. The molecule has 4 heterocycles. The van der Waals surface area contributed by atoms with Crippen molar-refractivity contribution in [1.29, 1.82) is 0 Å². The van der Waals surface area contributed by atoms with Gasteiger partial charge in [0.05, 0.1) is 22.1 Å². The molecule has 0 saturated carbocycles. The Morgan fingerprint density at radius 3 is 0.738 bits per heavy atom. The van der Waals surface area contributed by atoms with Crippen LogP contribution in [-0.4, -0.2) is 36.0 Å². The summed E-state index contributed by atoms with van der Waals surface area (Å²) in [5, 5.41) is 4.89. The summed E-state index contributed by atoms with van der Waals surface area (Å²) in [5.74, 6) is 0. The Hall–Kier alpha value is -10.3. The van der Waals surface area contributed by atoms with Crippen molar-refractivity contribution in [2.24, 2.45) is 0 Å². The van der Waals surface area contributed by atoms with E-state index in [1.54, 1.807) is 0 Å². The minimum absolute atomic E-state index is 0.0634. The standard InChI is InChI=1S/C78H52B4N2/c1-5-25-55(26-6-1)79-63-35-15-19-39-67(63)81(68-40-20-16-36-64(68)79)57-49-45-53(46-50-57)73-75-61-33-13-23-43-71(61)84(60-31-11-4-12-32-60)78(75)74(76-62-34-14-24-44-72(62)83(77(73)76)59-29-9-3-10-30-59)54-47-51-58(52-48-54)82-69-41-21-17-37-65(69)80(56-27-7-2-8-28-56)66-38-18-22-42-70(66)82/h1-52H. The van der Waals surface area contributed by atoms with Crippen molar-refractivity contribution in [2.75, 3.05) is 0 Å². The number of aromatic nitrogens is 2. The lowest BCUT2D eigenvalue weighted by Gasteiger charge is -2.32. The third kappa shape index (κ3) is 7.43. The molecule has 13 aromatic carbocycles. The zero-order valence-electron chi connectivity index (χ0n) is 46.2. The van der Waals surface area contributed by atoms with Crippen LogP contribution in [0.25, 0.3) is 77.2 Å². The normalized spacial score (nSPS) is 12.7. The molecule has 0 bridgehead atoms. The molecule has 2 aromatic heterocycles. The topological polar surface area (TPSA) is 9.86 Å². The maximum Gasteiger partial charge on any atom is 0.240 e. The van der Waals surface area contributed by atoms with Crippen molar-refractivity contribution in [3.63, 3.8) is 0 Å². The molecule has 0 aliphatic carbocycles. The molecule has 15 aromatic rings. The van der Waals surface area contributed by atoms with Crippen molar-refractivity contribution in [3.05, 3.63) is 315 Å². The van der Waals surface area contributed by atoms with E-state index in [2.05, 4.69) is 325 Å². The maximum atomic E-state index is 2.55. The van der Waals surface area contributed by atoms with Gasteiger partial charge in [0.15, 0.2) is 0 Å². The van der Waals surface area contributed by atoms with Crippen LogP contribution < -0.4 is 65.6 Å². The largest absolute Gasteiger partial charge is 0.309 e. The summed E-state index contributed by atoms with van der Waals surface area (Å²) in [4.78, 5) is 0. The molecule has 0 fully saturated rings. The van der Waals surface area contributed by atoms with Crippen LogP contribution in [-0.2, 0) is 0 Å². The molecule has 0 atom stereocenters. The van der Waals surface area contributed by atoms with Gasteiger partial charge in [-0.3, -0.25) is 0 Å². The molecule has 17 rings (SSSR count). The summed E-state index contributed by atoms with van der Waals surface area (Å²) in [5.41, 5.74) is 27.9. The molecule has 386 valence electrons. The molecule has 0 spiro atoms. The molecule has 0 amide bonds. The van der Waals surface area contributed by atoms with Gasteiger partial charge >= 0.3 is 0 Å². The van der Waals surface area contributed by atoms with E-state index in [9.17, 15) is 0 Å². The van der Waals surface area contributed by atoms with Crippen LogP contribution in [0.3, 0.4) is 0 Å². The number of nitrogens with zero attached hydrogens (tertiary/aromatic N) is 2. The predicted octanol–water partition coefficient (Wildman–Crippen LogP) is 9.91. The van der Waals surface area contributed by atoms with E-state index < -0.39 is 0 Å². The van der Waals surface area contributed by atoms with Crippen molar-refractivity contribution in [1.82, 2.24) is 9.13 Å². The van der Waals surface area contributed by atoms with Gasteiger partial charge in [0, 0.05) is 44.0 Å². The molecule has 0 radical (unpaired) electrons. The first-order valence-electron chi connectivity index (χ1n) is 29.6. The summed E-state index contributed by atoms with van der Waals surface area (Å²) >= 11 is 0. The number of para-hydroxylation sites is 4. The van der Waals surface area contributed by atoms with E-state index >= 15 is 0 Å². The maximum absolute atomic E-state index is 2.55. The van der Waals surface area contributed by atoms with Gasteiger partial charge in [-0.25, -0.2) is 0 Å². The Morgan fingerprint density at radius 2 is 0.440 bits per heavy atom. The highest BCUT2D eigenvalue weighted by molar-refractivity contribution is 7.12. The van der Waals surface area contributed by atoms with Gasteiger partial charge < -0.3 is 9.13 Å². The van der Waals surface area contributed by atoms with E-state index in [-0.39, 0.29) is 26.9 Å². The zero-order valence-corrected chi connectivity index (χ0v) is 46.2. The third-order valence-corrected chi connectivity index (χ3v) is 18.6. The van der Waals surface area contributed by atoms with Crippen LogP contribution in [0.1, 0.15) is 0 Å². The van der Waals surface area contributed by atoms with Crippen LogP contribution in [0.15, 0.2) is 315 Å². The van der Waals surface area contributed by atoms with E-state index in [0.29, 0.717) is 0 Å². The Bertz CT molecular complexity index is 4600. The molecule has 0 N–H and O–H groups in total. The monoisotopic (exact) mass is 1060 g/mol. The third-order valence-electron chi connectivity index (χ3n) is 18.6. The number of fused-ring (bicyclic) bond motifs is 10. The van der Waals surface area contributed by atoms with Crippen LogP contribution >= 0.6 is 0 Å². The number of hydrogen-bond acceptors (Lipinski definition) is 0. The van der Waals surface area contributed by atoms with Crippen molar-refractivity contribution in [3.8, 4) is 33.6 Å². The van der Waals surface area contributed by atoms with E-state index in [1.165, 1.54) is 131 Å². The first-order valence-corrected chi connectivity index (χ1v) is 29.6. The first-order chi connectivity index (χ1) is 41.8. The van der Waals surface area contributed by atoms with Crippen LogP contribution in [0.5, 0.6) is 0 Å². The Labute approximate surface area is 491 Å². The highest BCUT2D eigenvalue weighted by Gasteiger charge is 2.40. The Kier molecular flexibility index (Phi) is 11.4. The fourth-order valence-corrected chi connectivity index (χ4v) is 15.2. The van der Waals surface area contributed by atoms with Gasteiger partial charge in [0.2, 0.25) is 26.9 Å². The lowest BCUT2D eigenvalue weighted by atomic mass is 9.21. The van der Waals surface area contributed by atoms with Gasteiger partial charge in [-0.2, -0.15) is 0 Å². The van der Waals surface area contributed by atoms with E-state index in [0.717, 1.165) is 11.4 Å². The molecule has 0 saturated heterocycles. The molecule has 6 heteroatoms. The molecular formula is C78H52B4N2. The second-order valence-corrected chi connectivity index (χ2v) is 22.9. The van der Waals surface area contributed by atoms with E-state index in [1.807, 2.05) is 0 Å². The summed E-state index contributed by atoms with van der Waals surface area (Å²) in [6.07, 6.45) is 0. The average molecular weight is 1060 g/mol. The number of rotatable bonds is 8. The Morgan fingerprint density at radius 1 is 0.202 bits per heavy atom. The smallest absolute Gasteiger partial charge is 0.240 e. The molecule has 2 nitrogen and oxygen atoms in total. The highest BCUT2D eigenvalue weighted by atomic mass is 15.0. The van der Waals surface area contributed by atoms with Crippen LogP contribution in [0.4, 0.5) is 0 Å². The van der Waals surface area contributed by atoms with Crippen molar-refractivity contribution < 1.29 is 0 Å². The predicted molar refractivity (Wildman–Crippen MR) is 363 cm³/mol.